The Morgan fingerprint density at radius 3 is 1.67 bits per heavy atom. The molecule has 0 atom stereocenters. The van der Waals surface area contributed by atoms with Gasteiger partial charge in [0.05, 0.1) is 0 Å². The van der Waals surface area contributed by atoms with Crippen molar-refractivity contribution in [2.24, 2.45) is 0 Å². The molecule has 3 radical (unpaired) electrons. The molecule has 0 aromatic heterocycles. The standard InChI is InChI=1S/C2H2S3.As/c1-2-4-5-3-1;/h1-2H;. The second kappa shape index (κ2) is 4.51. The zero-order chi connectivity index (χ0) is 3.54. The molecular formula is C2H2AsS3. The van der Waals surface area contributed by atoms with E-state index in [2.05, 4.69) is 10.8 Å². The first-order valence-corrected chi connectivity index (χ1v) is 4.75. The van der Waals surface area contributed by atoms with E-state index < -0.39 is 0 Å². The summed E-state index contributed by atoms with van der Waals surface area (Å²) in [5, 5.41) is 4.16. The third-order valence-corrected chi connectivity index (χ3v) is 3.62. The molecule has 0 bridgehead atoms. The first-order chi connectivity index (χ1) is 2.50. The van der Waals surface area contributed by atoms with Crippen LogP contribution in [-0.2, 0) is 0 Å². The van der Waals surface area contributed by atoms with Crippen molar-refractivity contribution in [3.63, 3.8) is 0 Å². The van der Waals surface area contributed by atoms with Crippen molar-refractivity contribution in [2.45, 2.75) is 0 Å². The largest absolute Gasteiger partial charge is 0.0533 e. The van der Waals surface area contributed by atoms with E-state index in [1.54, 1.807) is 31.4 Å². The minimum absolute atomic E-state index is 0. The van der Waals surface area contributed by atoms with Gasteiger partial charge in [0.1, 0.15) is 0 Å². The molecule has 1 aliphatic rings. The number of hydrogen-bond donors (Lipinski definition) is 0. The van der Waals surface area contributed by atoms with Gasteiger partial charge in [0, 0.05) is 18.0 Å². The molecule has 0 N–H and O–H groups in total. The second-order valence-corrected chi connectivity index (χ2v) is 4.39. The summed E-state index contributed by atoms with van der Waals surface area (Å²) >= 11 is 0. The smallest absolute Gasteiger partial charge is 0 e. The van der Waals surface area contributed by atoms with Crippen molar-refractivity contribution >= 4 is 49.4 Å². The van der Waals surface area contributed by atoms with Crippen LogP contribution in [0.4, 0.5) is 0 Å². The summed E-state index contributed by atoms with van der Waals surface area (Å²) in [4.78, 5) is 0. The number of hydrogen-bond acceptors (Lipinski definition) is 3. The molecule has 1 heterocycles. The van der Waals surface area contributed by atoms with Crippen molar-refractivity contribution in [1.29, 1.82) is 0 Å². The molecular weight excluding hydrogens is 195 g/mol. The molecule has 0 unspecified atom stereocenters. The quantitative estimate of drug-likeness (QED) is 0.431. The second-order valence-electron chi connectivity index (χ2n) is 0.533. The Hall–Kier alpha value is 1.35. The van der Waals surface area contributed by atoms with E-state index in [0.29, 0.717) is 0 Å². The topological polar surface area (TPSA) is 0 Å². The maximum atomic E-state index is 2.08. The van der Waals surface area contributed by atoms with Crippen LogP contribution in [0.3, 0.4) is 0 Å². The summed E-state index contributed by atoms with van der Waals surface area (Å²) in [5.41, 5.74) is 0. The van der Waals surface area contributed by atoms with Gasteiger partial charge in [-0.05, 0) is 20.6 Å². The van der Waals surface area contributed by atoms with E-state index in [-0.39, 0.29) is 18.0 Å². The van der Waals surface area contributed by atoms with Crippen molar-refractivity contribution in [3.05, 3.63) is 10.8 Å². The van der Waals surface area contributed by atoms with Gasteiger partial charge < -0.3 is 0 Å². The Balaban J connectivity index is 0.000000250. The van der Waals surface area contributed by atoms with Crippen molar-refractivity contribution in [2.75, 3.05) is 0 Å². The van der Waals surface area contributed by atoms with Gasteiger partial charge in [-0.25, -0.2) is 0 Å². The fraction of sp³-hybridized carbons (Fsp3) is 0. The average Bonchev–Trinajstić information content (AvgIpc) is 1.76. The van der Waals surface area contributed by atoms with E-state index in [1.807, 2.05) is 0 Å². The van der Waals surface area contributed by atoms with Gasteiger partial charge >= 0.3 is 0 Å². The summed E-state index contributed by atoms with van der Waals surface area (Å²) in [5.74, 6) is 0. The molecule has 0 aromatic rings. The molecule has 4 heteroatoms. The van der Waals surface area contributed by atoms with Crippen molar-refractivity contribution in [3.8, 4) is 0 Å². The minimum Gasteiger partial charge on any atom is -0.0533 e. The van der Waals surface area contributed by atoms with E-state index in [0.717, 1.165) is 0 Å². The van der Waals surface area contributed by atoms with E-state index in [4.69, 9.17) is 0 Å². The molecule has 6 heavy (non-hydrogen) atoms. The minimum atomic E-state index is 0. The molecule has 0 fully saturated rings. The van der Waals surface area contributed by atoms with Crippen LogP contribution in [0.2, 0.25) is 0 Å². The summed E-state index contributed by atoms with van der Waals surface area (Å²) in [6.07, 6.45) is 0. The van der Waals surface area contributed by atoms with Crippen LogP contribution in [0.5, 0.6) is 0 Å². The Morgan fingerprint density at radius 2 is 1.50 bits per heavy atom. The van der Waals surface area contributed by atoms with Crippen molar-refractivity contribution in [1.82, 2.24) is 0 Å². The SMILES string of the molecule is C1=CSSS1.[As]. The molecule has 0 saturated carbocycles. The van der Waals surface area contributed by atoms with Crippen LogP contribution < -0.4 is 0 Å². The summed E-state index contributed by atoms with van der Waals surface area (Å²) in [6.45, 7) is 0. The molecule has 1 aliphatic heterocycles. The fourth-order valence-electron chi connectivity index (χ4n) is 0.113. The van der Waals surface area contributed by atoms with Crippen LogP contribution >= 0.6 is 31.4 Å². The van der Waals surface area contributed by atoms with Gasteiger partial charge in [-0.15, -0.1) is 0 Å². The average molecular weight is 197 g/mol. The summed E-state index contributed by atoms with van der Waals surface area (Å²) in [6, 6.07) is 0. The first-order valence-electron chi connectivity index (χ1n) is 1.14. The monoisotopic (exact) mass is 197 g/mol. The predicted octanol–water partition coefficient (Wildman–Crippen LogP) is 2.12. The maximum absolute atomic E-state index is 2.08. The van der Waals surface area contributed by atoms with Crippen LogP contribution in [0.15, 0.2) is 10.8 Å². The van der Waals surface area contributed by atoms with E-state index in [9.17, 15) is 0 Å². The molecule has 33 valence electrons. The third kappa shape index (κ3) is 2.51. The Bertz CT molecular complexity index is 46.8. The molecule has 0 aromatic carbocycles. The fourth-order valence-corrected chi connectivity index (χ4v) is 3.06. The zero-order valence-corrected chi connectivity index (χ0v) is 7.15. The first kappa shape index (κ1) is 7.35. The Labute approximate surface area is 60.0 Å². The van der Waals surface area contributed by atoms with Gasteiger partial charge in [-0.2, -0.15) is 0 Å². The Kier molecular flexibility index (Phi) is 5.52. The maximum Gasteiger partial charge on any atom is 0 e. The van der Waals surface area contributed by atoms with Gasteiger partial charge in [0.2, 0.25) is 0 Å². The molecule has 0 aliphatic carbocycles. The molecule has 0 amide bonds. The van der Waals surface area contributed by atoms with Gasteiger partial charge in [-0.1, -0.05) is 21.6 Å². The molecule has 1 rings (SSSR count). The summed E-state index contributed by atoms with van der Waals surface area (Å²) in [7, 11) is 5.34. The van der Waals surface area contributed by atoms with Crippen molar-refractivity contribution < 1.29 is 0 Å². The van der Waals surface area contributed by atoms with Crippen LogP contribution in [-0.4, -0.2) is 18.0 Å². The van der Waals surface area contributed by atoms with Gasteiger partial charge in [-0.3, -0.25) is 0 Å². The van der Waals surface area contributed by atoms with E-state index >= 15 is 0 Å². The van der Waals surface area contributed by atoms with Crippen LogP contribution in [0.1, 0.15) is 0 Å². The van der Waals surface area contributed by atoms with Crippen LogP contribution in [0, 0.1) is 0 Å². The van der Waals surface area contributed by atoms with Gasteiger partial charge in [0.15, 0.2) is 0 Å². The van der Waals surface area contributed by atoms with E-state index in [1.165, 1.54) is 0 Å². The van der Waals surface area contributed by atoms with Gasteiger partial charge in [0.25, 0.3) is 0 Å². The normalized spacial score (nSPS) is 17.3. The predicted molar refractivity (Wildman–Crippen MR) is 37.7 cm³/mol. The third-order valence-electron chi connectivity index (χ3n) is 0.245. The molecule has 0 saturated heterocycles. The number of rotatable bonds is 0. The zero-order valence-electron chi connectivity index (χ0n) is 2.83. The molecule has 0 nitrogen and oxygen atoms in total. The Morgan fingerprint density at radius 1 is 1.00 bits per heavy atom. The summed E-state index contributed by atoms with van der Waals surface area (Å²) < 4.78 is 0. The molecule has 0 spiro atoms. The van der Waals surface area contributed by atoms with Crippen LogP contribution in [0.25, 0.3) is 0 Å².